The monoisotopic (exact) mass is 175 g/mol. The van der Waals surface area contributed by atoms with E-state index in [1.54, 1.807) is 0 Å². The van der Waals surface area contributed by atoms with Crippen molar-refractivity contribution in [1.29, 1.82) is 0 Å². The van der Waals surface area contributed by atoms with Gasteiger partial charge >= 0.3 is 7.12 Å². The molecular weight excluding hydrogens is 157 g/mol. The third-order valence-electron chi connectivity index (χ3n) is 0.996. The molecule has 0 radical (unpaired) electrons. The van der Waals surface area contributed by atoms with Crippen molar-refractivity contribution >= 4 is 12.6 Å². The van der Waals surface area contributed by atoms with Gasteiger partial charge in [0, 0.05) is 16.3 Å². The third-order valence-corrected chi connectivity index (χ3v) is 0.996. The van der Waals surface area contributed by atoms with E-state index in [2.05, 4.69) is 9.72 Å². The second-order valence-corrected chi connectivity index (χ2v) is 1.77. The molecule has 0 atom stereocenters. The van der Waals surface area contributed by atoms with Crippen molar-refractivity contribution in [2.24, 2.45) is 0 Å². The van der Waals surface area contributed by atoms with Gasteiger partial charge in [-0.15, -0.1) is 0 Å². The molecular formula is C7H10BNO3. The maximum atomic E-state index is 9.04. The summed E-state index contributed by atoms with van der Waals surface area (Å²) in [6.45, 7) is -6.37. The van der Waals surface area contributed by atoms with Crippen LogP contribution in [0.3, 0.4) is 0 Å². The number of ether oxygens (including phenoxy) is 1. The van der Waals surface area contributed by atoms with Crippen molar-refractivity contribution in [3.05, 3.63) is 18.3 Å². The summed E-state index contributed by atoms with van der Waals surface area (Å²) in [5, 5.41) is 18.1. The van der Waals surface area contributed by atoms with Gasteiger partial charge in [-0.25, -0.2) is 4.98 Å². The van der Waals surface area contributed by atoms with Gasteiger partial charge in [-0.1, -0.05) is 0 Å². The highest BCUT2D eigenvalue weighted by Gasteiger charge is 2.11. The maximum Gasteiger partial charge on any atom is 0.488 e. The Morgan fingerprint density at radius 2 is 2.75 bits per heavy atom. The molecule has 4 nitrogen and oxygen atoms in total. The Hall–Kier alpha value is -1.07. The molecule has 1 rings (SSSR count). The molecule has 1 heterocycles. The average Bonchev–Trinajstić information content (AvgIpc) is 2.23. The quantitative estimate of drug-likeness (QED) is 0.588. The van der Waals surface area contributed by atoms with Gasteiger partial charge in [0.15, 0.2) is 0 Å². The van der Waals surface area contributed by atoms with Crippen LogP contribution in [0.2, 0.25) is 0 Å². The van der Waals surface area contributed by atoms with Crippen LogP contribution in [0.4, 0.5) is 0 Å². The lowest BCUT2D eigenvalue weighted by atomic mass is 9.81. The number of nitrogens with zero attached hydrogens (tertiary/aromatic N) is 1. The molecule has 5 heteroatoms. The minimum Gasteiger partial charge on any atom is -0.478 e. The summed E-state index contributed by atoms with van der Waals surface area (Å²) in [4.78, 5) is 3.27. The summed E-state index contributed by atoms with van der Waals surface area (Å²) >= 11 is 0. The van der Waals surface area contributed by atoms with Gasteiger partial charge in [0.1, 0.15) is 0 Å². The largest absolute Gasteiger partial charge is 0.488 e. The van der Waals surface area contributed by atoms with Crippen molar-refractivity contribution in [3.8, 4) is 5.88 Å². The number of rotatable bonds is 3. The van der Waals surface area contributed by atoms with Crippen molar-refractivity contribution in [3.63, 3.8) is 0 Å². The van der Waals surface area contributed by atoms with Crippen LogP contribution in [-0.4, -0.2) is 28.7 Å². The molecule has 0 aliphatic carbocycles. The molecule has 0 fully saturated rings. The van der Waals surface area contributed by atoms with E-state index in [9.17, 15) is 0 Å². The van der Waals surface area contributed by atoms with Crippen LogP contribution in [0.5, 0.6) is 5.88 Å². The lowest BCUT2D eigenvalue weighted by Gasteiger charge is -2.03. The minimum absolute atomic E-state index is 0.721. The smallest absolute Gasteiger partial charge is 0.478 e. The van der Waals surface area contributed by atoms with Crippen molar-refractivity contribution < 1.29 is 25.8 Å². The molecule has 0 saturated heterocycles. The SMILES string of the molecule is [2H]c1nc(OC([2H])([2H])C([2H])([2H])[2H])c([2H])c(B(O)O)c1[2H]. The van der Waals surface area contributed by atoms with Gasteiger partial charge < -0.3 is 14.8 Å². The lowest BCUT2D eigenvalue weighted by molar-refractivity contribution is 0.327. The Morgan fingerprint density at radius 1 is 1.92 bits per heavy atom. The Morgan fingerprint density at radius 3 is 3.42 bits per heavy atom. The zero-order valence-corrected chi connectivity index (χ0v) is 5.83. The standard InChI is InChI=1S/C7H10BNO3/c1-2-12-7-5-6(8(10)11)3-4-9-7/h3-5,10-11H,2H2,1H3/i1D3,2D2,3D,4D,5D. The number of hydrogen-bond donors (Lipinski definition) is 2. The highest BCUT2D eigenvalue weighted by molar-refractivity contribution is 6.58. The maximum absolute atomic E-state index is 9.04. The van der Waals surface area contributed by atoms with Crippen LogP contribution in [0, 0.1) is 0 Å². The van der Waals surface area contributed by atoms with Gasteiger partial charge in [0.05, 0.1) is 13.4 Å². The molecule has 64 valence electrons. The molecule has 0 spiro atoms. The van der Waals surface area contributed by atoms with Crippen molar-refractivity contribution in [2.45, 2.75) is 6.85 Å². The fourth-order valence-corrected chi connectivity index (χ4v) is 0.539. The zero-order chi connectivity index (χ0) is 15.9. The Balaban J connectivity index is 3.35. The fraction of sp³-hybridized carbons (Fsp3) is 0.286. The van der Waals surface area contributed by atoms with Crippen LogP contribution >= 0.6 is 0 Å². The lowest BCUT2D eigenvalue weighted by Crippen LogP contribution is -2.29. The third kappa shape index (κ3) is 2.22. The van der Waals surface area contributed by atoms with E-state index in [0.717, 1.165) is 0 Å². The molecule has 0 saturated carbocycles. The van der Waals surface area contributed by atoms with E-state index in [1.807, 2.05) is 0 Å². The molecule has 0 aliphatic rings. The predicted molar refractivity (Wildman–Crippen MR) is 45.2 cm³/mol. The Labute approximate surface area is 82.2 Å². The van der Waals surface area contributed by atoms with Gasteiger partial charge in [-0.3, -0.25) is 0 Å². The minimum atomic E-state index is -3.19. The van der Waals surface area contributed by atoms with E-state index in [1.165, 1.54) is 0 Å². The summed E-state index contributed by atoms with van der Waals surface area (Å²) in [6, 6.07) is -1.61. The second-order valence-electron chi connectivity index (χ2n) is 1.77. The zero-order valence-electron chi connectivity index (χ0n) is 13.8. The first-order chi connectivity index (χ1) is 8.88. The first-order valence-corrected chi connectivity index (χ1v) is 2.91. The second kappa shape index (κ2) is 4.08. The summed E-state index contributed by atoms with van der Waals surface area (Å²) in [7, 11) is -2.27. The Bertz CT molecular complexity index is 520. The fourth-order valence-electron chi connectivity index (χ4n) is 0.539. The molecule has 0 unspecified atom stereocenters. The number of pyridine rings is 1. The highest BCUT2D eigenvalue weighted by Crippen LogP contribution is 2.01. The topological polar surface area (TPSA) is 62.6 Å². The molecule has 2 N–H and O–H groups in total. The van der Waals surface area contributed by atoms with E-state index >= 15 is 0 Å². The molecule has 1 aromatic rings. The number of aromatic nitrogens is 1. The van der Waals surface area contributed by atoms with Crippen LogP contribution in [0.15, 0.2) is 18.3 Å². The van der Waals surface area contributed by atoms with Crippen molar-refractivity contribution in [1.82, 2.24) is 4.98 Å². The molecule has 0 aromatic carbocycles. The first kappa shape index (κ1) is 3.01. The van der Waals surface area contributed by atoms with Crippen LogP contribution in [0.25, 0.3) is 0 Å². The summed E-state index contributed by atoms with van der Waals surface area (Å²) in [5.41, 5.74) is -0.721. The normalized spacial score (nSPS) is 21.5. The van der Waals surface area contributed by atoms with E-state index < -0.39 is 50.1 Å². The number of hydrogen-bond acceptors (Lipinski definition) is 4. The van der Waals surface area contributed by atoms with Crippen LogP contribution in [-0.2, 0) is 0 Å². The van der Waals surface area contributed by atoms with Gasteiger partial charge in [-0.05, 0) is 18.4 Å². The summed E-state index contributed by atoms with van der Waals surface area (Å²) in [6.07, 6.45) is -0.805. The Kier molecular flexibility index (Phi) is 1.02. The van der Waals surface area contributed by atoms with E-state index in [4.69, 9.17) is 21.0 Å². The summed E-state index contributed by atoms with van der Waals surface area (Å²) in [5.74, 6) is -0.907. The molecule has 0 amide bonds. The summed E-state index contributed by atoms with van der Waals surface area (Å²) < 4.78 is 62.0. The van der Waals surface area contributed by atoms with Gasteiger partial charge in [0.25, 0.3) is 0 Å². The van der Waals surface area contributed by atoms with E-state index in [0.29, 0.717) is 0 Å². The van der Waals surface area contributed by atoms with Crippen LogP contribution < -0.4 is 10.2 Å². The van der Waals surface area contributed by atoms with E-state index in [-0.39, 0.29) is 0 Å². The molecule has 12 heavy (non-hydrogen) atoms. The predicted octanol–water partition coefficient (Wildman–Crippen LogP) is -0.840. The highest BCUT2D eigenvalue weighted by atomic mass is 16.5. The first-order valence-electron chi connectivity index (χ1n) is 6.91. The van der Waals surface area contributed by atoms with Crippen molar-refractivity contribution in [2.75, 3.05) is 6.56 Å². The van der Waals surface area contributed by atoms with Gasteiger partial charge in [0.2, 0.25) is 5.88 Å². The molecule has 1 aromatic heterocycles. The average molecular weight is 175 g/mol. The van der Waals surface area contributed by atoms with Gasteiger partial charge in [-0.2, -0.15) is 0 Å². The van der Waals surface area contributed by atoms with Crippen LogP contribution in [0.1, 0.15) is 17.8 Å². The molecule has 0 aliphatic heterocycles. The molecule has 0 bridgehead atoms.